The van der Waals surface area contributed by atoms with Crippen molar-refractivity contribution in [3.05, 3.63) is 63.7 Å². The molecule has 0 spiro atoms. The fourth-order valence-corrected chi connectivity index (χ4v) is 6.12. The molecule has 0 saturated carbocycles. The van der Waals surface area contributed by atoms with Crippen LogP contribution in [0.1, 0.15) is 64.3 Å². The number of nitrogens with one attached hydrogen (secondary N) is 1. The summed E-state index contributed by atoms with van der Waals surface area (Å²) in [6.45, 7) is 4.38. The minimum absolute atomic E-state index is 0.0200. The van der Waals surface area contributed by atoms with Crippen LogP contribution in [0.25, 0.3) is 0 Å². The van der Waals surface area contributed by atoms with Crippen molar-refractivity contribution in [3.8, 4) is 5.75 Å². The minimum Gasteiger partial charge on any atom is -0.508 e. The fourth-order valence-electron chi connectivity index (χ4n) is 4.57. The van der Waals surface area contributed by atoms with Crippen LogP contribution in [0.15, 0.2) is 30.3 Å². The summed E-state index contributed by atoms with van der Waals surface area (Å²) in [4.78, 5) is 11.7. The summed E-state index contributed by atoms with van der Waals surface area (Å²) in [6.07, 6.45) is 3.46. The van der Waals surface area contributed by atoms with E-state index in [4.69, 9.17) is 5.11 Å². The molecule has 0 radical (unpaired) electrons. The van der Waals surface area contributed by atoms with Crippen LogP contribution < -0.4 is 5.32 Å². The van der Waals surface area contributed by atoms with E-state index in [-0.39, 0.29) is 35.4 Å². The molecule has 3 atom stereocenters. The van der Waals surface area contributed by atoms with Crippen molar-refractivity contribution in [3.63, 3.8) is 0 Å². The molecule has 2 aromatic rings. The Labute approximate surface area is 206 Å². The average molecular weight is 488 g/mol. The first-order chi connectivity index (χ1) is 16.3. The van der Waals surface area contributed by atoms with Crippen molar-refractivity contribution in [2.75, 3.05) is 19.8 Å². The van der Waals surface area contributed by atoms with E-state index in [1.165, 1.54) is 16.7 Å². The first-order valence-corrected chi connectivity index (χ1v) is 13.0. The van der Waals surface area contributed by atoms with E-state index in [1.807, 2.05) is 13.0 Å². The predicted octanol–water partition coefficient (Wildman–Crippen LogP) is 3.32. The zero-order valence-electron chi connectivity index (χ0n) is 20.1. The highest BCUT2D eigenvalue weighted by Crippen LogP contribution is 2.46. The number of hydrogen-bond acceptors (Lipinski definition) is 6. The van der Waals surface area contributed by atoms with E-state index >= 15 is 0 Å². The van der Waals surface area contributed by atoms with E-state index in [0.29, 0.717) is 25.8 Å². The first kappa shape index (κ1) is 26.5. The van der Waals surface area contributed by atoms with E-state index in [0.717, 1.165) is 36.0 Å². The van der Waals surface area contributed by atoms with Crippen LogP contribution in [-0.2, 0) is 17.6 Å². The number of thioether (sulfide) groups is 1. The zero-order chi connectivity index (χ0) is 24.7. The molecule has 3 unspecified atom stereocenters. The van der Waals surface area contributed by atoms with Gasteiger partial charge in [0.05, 0.1) is 19.3 Å². The van der Waals surface area contributed by atoms with Gasteiger partial charge in [-0.15, -0.1) is 11.8 Å². The van der Waals surface area contributed by atoms with Crippen LogP contribution in [0.5, 0.6) is 5.75 Å². The second kappa shape index (κ2) is 12.6. The Morgan fingerprint density at radius 2 is 1.85 bits per heavy atom. The highest BCUT2D eigenvalue weighted by Gasteiger charge is 2.30. The summed E-state index contributed by atoms with van der Waals surface area (Å²) in [7, 11) is 0. The smallest absolute Gasteiger partial charge is 0.220 e. The molecule has 7 heteroatoms. The number of hydrogen-bond donors (Lipinski definition) is 5. The van der Waals surface area contributed by atoms with E-state index in [2.05, 4.69) is 36.5 Å². The highest BCUT2D eigenvalue weighted by molar-refractivity contribution is 8.00. The van der Waals surface area contributed by atoms with E-state index in [9.17, 15) is 20.1 Å². The number of amides is 1. The van der Waals surface area contributed by atoms with E-state index < -0.39 is 6.10 Å². The number of benzene rings is 2. The molecule has 1 fully saturated rings. The molecule has 6 nitrogen and oxygen atoms in total. The Bertz CT molecular complexity index is 980. The molecule has 1 aliphatic heterocycles. The Hall–Kier alpha value is -2.06. The second-order valence-corrected chi connectivity index (χ2v) is 10.8. The second-order valence-electron chi connectivity index (χ2n) is 9.26. The first-order valence-electron chi connectivity index (χ1n) is 12.0. The zero-order valence-corrected chi connectivity index (χ0v) is 20.9. The number of carbonyl (C=O) groups excluding carboxylic acids is 1. The van der Waals surface area contributed by atoms with Gasteiger partial charge in [-0.1, -0.05) is 24.3 Å². The molecule has 2 aromatic carbocycles. The summed E-state index contributed by atoms with van der Waals surface area (Å²) in [5.74, 6) is 0.217. The van der Waals surface area contributed by atoms with Crippen LogP contribution in [-0.4, -0.2) is 57.4 Å². The maximum Gasteiger partial charge on any atom is 0.220 e. The predicted molar refractivity (Wildman–Crippen MR) is 136 cm³/mol. The minimum atomic E-state index is -0.469. The Kier molecular flexibility index (Phi) is 9.83. The van der Waals surface area contributed by atoms with Gasteiger partial charge < -0.3 is 25.7 Å². The van der Waals surface area contributed by atoms with Gasteiger partial charge in [-0.05, 0) is 79.8 Å². The molecule has 5 N–H and O–H groups in total. The molecule has 1 saturated heterocycles. The summed E-state index contributed by atoms with van der Waals surface area (Å²) in [5.41, 5.74) is 6.61. The maximum atomic E-state index is 11.7. The number of aryl methyl sites for hydroxylation is 3. The summed E-state index contributed by atoms with van der Waals surface area (Å²) in [6, 6.07) is 10.3. The van der Waals surface area contributed by atoms with Crippen molar-refractivity contribution < 1.29 is 25.2 Å². The standard InChI is InChI=1S/C27H37NO5S/c1-17-10-19(4-3-5-27(33)28-8-9-29)6-7-20(17)12-21-13-24(25(32)11-18(21)2)26-15-22(31)14-23(16-30)34-26/h6-7,10-11,13,22-23,26,29-32H,3-5,8-9,12,14-16H2,1-2H3,(H,28,33). The molecule has 0 aliphatic carbocycles. The summed E-state index contributed by atoms with van der Waals surface area (Å²) in [5, 5.41) is 41.9. The third kappa shape index (κ3) is 7.22. The topological polar surface area (TPSA) is 110 Å². The van der Waals surface area contributed by atoms with Crippen LogP contribution in [0, 0.1) is 13.8 Å². The summed E-state index contributed by atoms with van der Waals surface area (Å²) >= 11 is 1.63. The van der Waals surface area contributed by atoms with E-state index in [1.54, 1.807) is 11.8 Å². The van der Waals surface area contributed by atoms with Crippen molar-refractivity contribution in [1.82, 2.24) is 5.32 Å². The van der Waals surface area contributed by atoms with Gasteiger partial charge >= 0.3 is 0 Å². The van der Waals surface area contributed by atoms with Crippen molar-refractivity contribution >= 4 is 17.7 Å². The highest BCUT2D eigenvalue weighted by atomic mass is 32.2. The van der Waals surface area contributed by atoms with Gasteiger partial charge in [0.1, 0.15) is 5.75 Å². The number of aliphatic hydroxyl groups excluding tert-OH is 3. The normalized spacial score (nSPS) is 20.3. The van der Waals surface area contributed by atoms with Crippen LogP contribution in [0.4, 0.5) is 0 Å². The van der Waals surface area contributed by atoms with Crippen LogP contribution in [0.3, 0.4) is 0 Å². The lowest BCUT2D eigenvalue weighted by Gasteiger charge is -2.32. The lowest BCUT2D eigenvalue weighted by atomic mass is 9.92. The lowest BCUT2D eigenvalue weighted by Crippen LogP contribution is -2.26. The lowest BCUT2D eigenvalue weighted by molar-refractivity contribution is -0.121. The Morgan fingerprint density at radius 3 is 2.56 bits per heavy atom. The van der Waals surface area contributed by atoms with Gasteiger partial charge in [0.2, 0.25) is 5.91 Å². The summed E-state index contributed by atoms with van der Waals surface area (Å²) < 4.78 is 0. The molecular formula is C27H37NO5S. The molecule has 1 amide bonds. The monoisotopic (exact) mass is 487 g/mol. The number of rotatable bonds is 10. The van der Waals surface area contributed by atoms with Crippen LogP contribution >= 0.6 is 11.8 Å². The van der Waals surface area contributed by atoms with Crippen LogP contribution in [0.2, 0.25) is 0 Å². The molecule has 186 valence electrons. The molecular weight excluding hydrogens is 450 g/mol. The SMILES string of the molecule is Cc1cc(CCCC(=O)NCCO)ccc1Cc1cc(C2CC(O)CC(CO)S2)c(O)cc1C. The number of aliphatic hydroxyl groups is 3. The fraction of sp³-hybridized carbons (Fsp3) is 0.519. The number of phenols is 1. The third-order valence-electron chi connectivity index (χ3n) is 6.50. The molecule has 3 rings (SSSR count). The number of phenolic OH excluding ortho intramolecular Hbond substituents is 1. The van der Waals surface area contributed by atoms with Gasteiger partial charge in [0, 0.05) is 29.0 Å². The molecule has 34 heavy (non-hydrogen) atoms. The van der Waals surface area contributed by atoms with Crippen molar-refractivity contribution in [1.29, 1.82) is 0 Å². The van der Waals surface area contributed by atoms with Gasteiger partial charge in [0.15, 0.2) is 0 Å². The molecule has 1 heterocycles. The quantitative estimate of drug-likeness (QED) is 0.352. The van der Waals surface area contributed by atoms with Gasteiger partial charge in [-0.3, -0.25) is 4.79 Å². The van der Waals surface area contributed by atoms with Gasteiger partial charge in [0.25, 0.3) is 0 Å². The Balaban J connectivity index is 1.69. The van der Waals surface area contributed by atoms with Gasteiger partial charge in [-0.25, -0.2) is 0 Å². The maximum absolute atomic E-state index is 11.7. The number of carbonyl (C=O) groups is 1. The van der Waals surface area contributed by atoms with Crippen molar-refractivity contribution in [2.24, 2.45) is 0 Å². The third-order valence-corrected chi connectivity index (χ3v) is 8.01. The van der Waals surface area contributed by atoms with Gasteiger partial charge in [-0.2, -0.15) is 0 Å². The molecule has 1 aliphatic rings. The number of aromatic hydroxyl groups is 1. The van der Waals surface area contributed by atoms with Crippen molar-refractivity contribution in [2.45, 2.75) is 69.0 Å². The largest absolute Gasteiger partial charge is 0.508 e. The Morgan fingerprint density at radius 1 is 1.09 bits per heavy atom. The molecule has 0 bridgehead atoms. The molecule has 0 aromatic heterocycles. The average Bonchev–Trinajstić information content (AvgIpc) is 2.80.